The number of carbonyl (C=O) groups excluding carboxylic acids is 1. The lowest BCUT2D eigenvalue weighted by Gasteiger charge is -2.26. The van der Waals surface area contributed by atoms with Crippen LogP contribution < -0.4 is 11.1 Å². The molecule has 2 heterocycles. The second-order valence-corrected chi connectivity index (χ2v) is 8.42. The Balaban J connectivity index is 1.66. The molecule has 1 aliphatic carbocycles. The van der Waals surface area contributed by atoms with Crippen molar-refractivity contribution in [1.29, 1.82) is 0 Å². The van der Waals surface area contributed by atoms with Crippen LogP contribution in [-0.2, 0) is 17.7 Å². The Morgan fingerprint density at radius 1 is 1.18 bits per heavy atom. The summed E-state index contributed by atoms with van der Waals surface area (Å²) in [5, 5.41) is 4.34. The summed E-state index contributed by atoms with van der Waals surface area (Å²) in [5.41, 5.74) is 11.1. The van der Waals surface area contributed by atoms with Gasteiger partial charge in [0.25, 0.3) is 0 Å². The summed E-state index contributed by atoms with van der Waals surface area (Å²) in [6, 6.07) is 17.8. The third-order valence-corrected chi connectivity index (χ3v) is 6.31. The molecule has 0 saturated heterocycles. The molecule has 2 aromatic heterocycles. The minimum atomic E-state index is -0.450. The van der Waals surface area contributed by atoms with Crippen LogP contribution in [0.2, 0.25) is 0 Å². The van der Waals surface area contributed by atoms with E-state index in [0.29, 0.717) is 18.1 Å². The molecule has 0 bridgehead atoms. The minimum absolute atomic E-state index is 0.0731. The second kappa shape index (κ2) is 8.67. The summed E-state index contributed by atoms with van der Waals surface area (Å²) in [4.78, 5) is 21.9. The molecule has 4 aromatic rings. The SMILES string of the molecule is COC1CCCc2c(NCc3ccccc3)nc(-n3c(C)cc4c(C(N)=O)cccc43)nc21. The van der Waals surface area contributed by atoms with Gasteiger partial charge in [-0.3, -0.25) is 9.36 Å². The molecule has 2 aromatic carbocycles. The number of fused-ring (bicyclic) bond motifs is 2. The lowest BCUT2D eigenvalue weighted by Crippen LogP contribution is -2.20. The van der Waals surface area contributed by atoms with Crippen LogP contribution in [0.5, 0.6) is 0 Å². The lowest BCUT2D eigenvalue weighted by atomic mass is 9.93. The number of amides is 1. The van der Waals surface area contributed by atoms with Crippen molar-refractivity contribution >= 4 is 22.6 Å². The number of primary amides is 1. The summed E-state index contributed by atoms with van der Waals surface area (Å²) in [7, 11) is 1.73. The molecule has 1 unspecified atom stereocenters. The van der Waals surface area contributed by atoms with E-state index in [4.69, 9.17) is 20.4 Å². The molecule has 7 heteroatoms. The van der Waals surface area contributed by atoms with Crippen molar-refractivity contribution in [3.05, 3.63) is 82.7 Å². The van der Waals surface area contributed by atoms with Gasteiger partial charge in [0, 0.05) is 35.9 Å². The van der Waals surface area contributed by atoms with Crippen molar-refractivity contribution in [2.45, 2.75) is 38.8 Å². The summed E-state index contributed by atoms with van der Waals surface area (Å²) >= 11 is 0. The van der Waals surface area contributed by atoms with Crippen LogP contribution in [0.3, 0.4) is 0 Å². The van der Waals surface area contributed by atoms with Crippen molar-refractivity contribution in [2.24, 2.45) is 5.73 Å². The second-order valence-electron chi connectivity index (χ2n) is 8.42. The molecule has 3 N–H and O–H groups in total. The summed E-state index contributed by atoms with van der Waals surface area (Å²) < 4.78 is 7.77. The Labute approximate surface area is 192 Å². The van der Waals surface area contributed by atoms with Crippen LogP contribution in [0.1, 0.15) is 51.8 Å². The number of anilines is 1. The molecule has 1 amide bonds. The van der Waals surface area contributed by atoms with Gasteiger partial charge in [-0.1, -0.05) is 36.4 Å². The minimum Gasteiger partial charge on any atom is -0.375 e. The predicted octanol–water partition coefficient (Wildman–Crippen LogP) is 4.46. The van der Waals surface area contributed by atoms with Crippen molar-refractivity contribution in [3.63, 3.8) is 0 Å². The van der Waals surface area contributed by atoms with Gasteiger partial charge in [-0.05, 0) is 49.9 Å². The highest BCUT2D eigenvalue weighted by atomic mass is 16.5. The third-order valence-electron chi connectivity index (χ3n) is 6.31. The van der Waals surface area contributed by atoms with Crippen LogP contribution in [0.4, 0.5) is 5.82 Å². The monoisotopic (exact) mass is 441 g/mol. The van der Waals surface area contributed by atoms with Crippen molar-refractivity contribution < 1.29 is 9.53 Å². The zero-order valence-electron chi connectivity index (χ0n) is 18.8. The topological polar surface area (TPSA) is 95.1 Å². The number of aryl methyl sites for hydroxylation is 1. The van der Waals surface area contributed by atoms with E-state index in [1.54, 1.807) is 13.2 Å². The quantitative estimate of drug-likeness (QED) is 0.461. The fourth-order valence-electron chi connectivity index (χ4n) is 4.70. The standard InChI is InChI=1S/C26H27N5O2/c1-16-14-20-18(24(27)32)10-6-12-21(20)31(16)26-29-23-19(11-7-13-22(23)33-2)25(30-26)28-15-17-8-4-3-5-9-17/h3-6,8-10,12,14,22H,7,11,13,15H2,1-2H3,(H2,27,32)(H,28,29,30). The number of methoxy groups -OCH3 is 1. The molecule has 5 rings (SSSR count). The number of nitrogens with one attached hydrogen (secondary N) is 1. The van der Waals surface area contributed by atoms with Crippen molar-refractivity contribution in [1.82, 2.24) is 14.5 Å². The van der Waals surface area contributed by atoms with Gasteiger partial charge in [0.05, 0.1) is 17.3 Å². The van der Waals surface area contributed by atoms with Crippen LogP contribution in [-0.4, -0.2) is 27.6 Å². The first-order valence-corrected chi connectivity index (χ1v) is 11.2. The molecule has 168 valence electrons. The van der Waals surface area contributed by atoms with Gasteiger partial charge >= 0.3 is 0 Å². The van der Waals surface area contributed by atoms with E-state index in [1.807, 2.05) is 47.9 Å². The number of rotatable bonds is 6. The molecule has 7 nitrogen and oxygen atoms in total. The van der Waals surface area contributed by atoms with Gasteiger partial charge in [0.1, 0.15) is 5.82 Å². The molecule has 0 radical (unpaired) electrons. The number of hydrogen-bond donors (Lipinski definition) is 2. The van der Waals surface area contributed by atoms with E-state index in [1.165, 1.54) is 5.56 Å². The van der Waals surface area contributed by atoms with Gasteiger partial charge in [-0.2, -0.15) is 4.98 Å². The Morgan fingerprint density at radius 2 is 2.00 bits per heavy atom. The van der Waals surface area contributed by atoms with Gasteiger partial charge in [0.2, 0.25) is 11.9 Å². The molecule has 0 aliphatic heterocycles. The fourth-order valence-corrected chi connectivity index (χ4v) is 4.70. The molecule has 33 heavy (non-hydrogen) atoms. The molecule has 0 spiro atoms. The zero-order chi connectivity index (χ0) is 22.9. The van der Waals surface area contributed by atoms with Crippen LogP contribution in [0.15, 0.2) is 54.6 Å². The predicted molar refractivity (Wildman–Crippen MR) is 129 cm³/mol. The highest BCUT2D eigenvalue weighted by Crippen LogP contribution is 2.36. The Hall–Kier alpha value is -3.71. The summed E-state index contributed by atoms with van der Waals surface area (Å²) in [5.74, 6) is 0.934. The Bertz CT molecular complexity index is 1330. The number of aromatic nitrogens is 3. The van der Waals surface area contributed by atoms with Gasteiger partial charge in [-0.15, -0.1) is 0 Å². The first-order chi connectivity index (χ1) is 16.1. The average Bonchev–Trinajstić information content (AvgIpc) is 3.18. The lowest BCUT2D eigenvalue weighted by molar-refractivity contribution is 0.0842. The largest absolute Gasteiger partial charge is 0.375 e. The zero-order valence-corrected chi connectivity index (χ0v) is 18.8. The molecular formula is C26H27N5O2. The van der Waals surface area contributed by atoms with E-state index in [0.717, 1.165) is 52.9 Å². The number of nitrogens with two attached hydrogens (primary N) is 1. The molecule has 1 atom stereocenters. The highest BCUT2D eigenvalue weighted by Gasteiger charge is 2.27. The van der Waals surface area contributed by atoms with E-state index < -0.39 is 5.91 Å². The number of benzene rings is 2. The number of nitrogens with zero attached hydrogens (tertiary/aromatic N) is 3. The summed E-state index contributed by atoms with van der Waals surface area (Å²) in [6.45, 7) is 2.65. The van der Waals surface area contributed by atoms with Gasteiger partial charge < -0.3 is 15.8 Å². The highest BCUT2D eigenvalue weighted by molar-refractivity contribution is 6.06. The maximum atomic E-state index is 12.0. The number of hydrogen-bond acceptors (Lipinski definition) is 5. The van der Waals surface area contributed by atoms with Gasteiger partial charge in [-0.25, -0.2) is 4.98 Å². The summed E-state index contributed by atoms with van der Waals surface area (Å²) in [6.07, 6.45) is 2.79. The number of ether oxygens (including phenoxy) is 1. The van der Waals surface area contributed by atoms with Gasteiger partial charge in [0.15, 0.2) is 0 Å². The first kappa shape index (κ1) is 21.2. The van der Waals surface area contributed by atoms with E-state index >= 15 is 0 Å². The first-order valence-electron chi connectivity index (χ1n) is 11.2. The Morgan fingerprint density at radius 3 is 2.76 bits per heavy atom. The molecule has 1 aliphatic rings. The van der Waals surface area contributed by atoms with Crippen molar-refractivity contribution in [3.8, 4) is 5.95 Å². The maximum absolute atomic E-state index is 12.0. The van der Waals surface area contributed by atoms with Crippen LogP contribution in [0.25, 0.3) is 16.9 Å². The Kier molecular flexibility index (Phi) is 5.56. The van der Waals surface area contributed by atoms with Crippen LogP contribution >= 0.6 is 0 Å². The molecular weight excluding hydrogens is 414 g/mol. The van der Waals surface area contributed by atoms with E-state index in [2.05, 4.69) is 17.4 Å². The smallest absolute Gasteiger partial charge is 0.249 e. The van der Waals surface area contributed by atoms with E-state index in [9.17, 15) is 4.79 Å². The van der Waals surface area contributed by atoms with Crippen molar-refractivity contribution in [2.75, 3.05) is 12.4 Å². The normalized spacial score (nSPS) is 15.4. The van der Waals surface area contributed by atoms with Crippen LogP contribution in [0, 0.1) is 6.92 Å². The number of carbonyl (C=O) groups is 1. The fraction of sp³-hybridized carbons (Fsp3) is 0.269. The molecule has 0 fully saturated rings. The third kappa shape index (κ3) is 3.85. The van der Waals surface area contributed by atoms with E-state index in [-0.39, 0.29) is 6.10 Å². The molecule has 0 saturated carbocycles. The maximum Gasteiger partial charge on any atom is 0.249 e. The average molecular weight is 442 g/mol.